The smallest absolute Gasteiger partial charge is 0.422 e. The van der Waals surface area contributed by atoms with Crippen molar-refractivity contribution in [2.45, 2.75) is 32.0 Å². The fourth-order valence-electron chi connectivity index (χ4n) is 2.89. The Balaban J connectivity index is 1.91. The standard InChI is InChI=1S/C19H19F3N4O3/c1-18(2)8-11-6-13(15(7-14(11)29-18)28-10-19(20,21)22)26-17(27)12(9-23)16-24-4-3-5-25-16/h3-7,9H,8,10,23H2,1-2H3,(H,26,27). The number of nitrogens with two attached hydrogens (primary N) is 1. The quantitative estimate of drug-likeness (QED) is 0.738. The highest BCUT2D eigenvalue weighted by Crippen LogP contribution is 2.42. The van der Waals surface area contributed by atoms with Gasteiger partial charge in [-0.15, -0.1) is 0 Å². The maximum Gasteiger partial charge on any atom is 0.422 e. The number of nitrogens with zero attached hydrogens (tertiary/aromatic N) is 2. The summed E-state index contributed by atoms with van der Waals surface area (Å²) >= 11 is 0. The van der Waals surface area contributed by atoms with Gasteiger partial charge in [0.15, 0.2) is 12.4 Å². The number of carbonyl (C=O) groups is 1. The van der Waals surface area contributed by atoms with E-state index in [1.807, 2.05) is 13.8 Å². The van der Waals surface area contributed by atoms with Crippen molar-refractivity contribution in [2.75, 3.05) is 11.9 Å². The zero-order valence-corrected chi connectivity index (χ0v) is 15.7. The number of fused-ring (bicyclic) bond motifs is 1. The highest BCUT2D eigenvalue weighted by Gasteiger charge is 2.33. The van der Waals surface area contributed by atoms with E-state index >= 15 is 0 Å². The third-order valence-corrected chi connectivity index (χ3v) is 4.02. The lowest BCUT2D eigenvalue weighted by Crippen LogP contribution is -2.24. The van der Waals surface area contributed by atoms with Gasteiger partial charge in [0, 0.05) is 36.6 Å². The second kappa shape index (κ2) is 7.61. The molecule has 0 fully saturated rings. The minimum absolute atomic E-state index is 0.0375. The van der Waals surface area contributed by atoms with Crippen LogP contribution in [0.5, 0.6) is 11.5 Å². The molecule has 3 N–H and O–H groups in total. The predicted molar refractivity (Wildman–Crippen MR) is 99.2 cm³/mol. The summed E-state index contributed by atoms with van der Waals surface area (Å²) < 4.78 is 48.6. The highest BCUT2D eigenvalue weighted by atomic mass is 19.4. The van der Waals surface area contributed by atoms with E-state index in [-0.39, 0.29) is 22.8 Å². The van der Waals surface area contributed by atoms with Crippen molar-refractivity contribution < 1.29 is 27.4 Å². The average Bonchev–Trinajstić information content (AvgIpc) is 2.93. The normalized spacial score (nSPS) is 15.4. The second-order valence-corrected chi connectivity index (χ2v) is 7.01. The molecule has 0 unspecified atom stereocenters. The molecule has 10 heteroatoms. The summed E-state index contributed by atoms with van der Waals surface area (Å²) in [4.78, 5) is 20.6. The Labute approximate surface area is 164 Å². The molecule has 1 amide bonds. The molecule has 0 radical (unpaired) electrons. The summed E-state index contributed by atoms with van der Waals surface area (Å²) in [5, 5.41) is 2.54. The number of halogens is 3. The topological polar surface area (TPSA) is 99.4 Å². The molecule has 1 aliphatic rings. The van der Waals surface area contributed by atoms with Crippen molar-refractivity contribution in [3.63, 3.8) is 0 Å². The molecule has 0 atom stereocenters. The monoisotopic (exact) mass is 408 g/mol. The zero-order chi connectivity index (χ0) is 21.2. The Bertz CT molecular complexity index is 944. The maximum atomic E-state index is 12.7. The number of anilines is 1. The molecule has 7 nitrogen and oxygen atoms in total. The first kappa shape index (κ1) is 20.4. The number of amides is 1. The van der Waals surface area contributed by atoms with Gasteiger partial charge in [0.2, 0.25) is 0 Å². The van der Waals surface area contributed by atoms with Gasteiger partial charge in [0.1, 0.15) is 17.1 Å². The van der Waals surface area contributed by atoms with Crippen molar-refractivity contribution in [2.24, 2.45) is 5.73 Å². The molecule has 1 aromatic heterocycles. The highest BCUT2D eigenvalue weighted by molar-refractivity contribution is 6.24. The number of hydrogen-bond acceptors (Lipinski definition) is 6. The summed E-state index contributed by atoms with van der Waals surface area (Å²) in [7, 11) is 0. The minimum Gasteiger partial charge on any atom is -0.487 e. The molecule has 2 heterocycles. The van der Waals surface area contributed by atoms with Gasteiger partial charge in [0.25, 0.3) is 5.91 Å². The van der Waals surface area contributed by atoms with Crippen LogP contribution in [0, 0.1) is 0 Å². The average molecular weight is 408 g/mol. The lowest BCUT2D eigenvalue weighted by atomic mass is 10.0. The molecule has 2 aromatic rings. The Hall–Kier alpha value is -3.30. The largest absolute Gasteiger partial charge is 0.487 e. The summed E-state index contributed by atoms with van der Waals surface area (Å²) in [5.41, 5.74) is 5.78. The Morgan fingerprint density at radius 1 is 1.34 bits per heavy atom. The van der Waals surface area contributed by atoms with Gasteiger partial charge < -0.3 is 20.5 Å². The minimum atomic E-state index is -4.54. The Kier molecular flexibility index (Phi) is 5.36. The van der Waals surface area contributed by atoms with Gasteiger partial charge in [-0.2, -0.15) is 13.2 Å². The first-order valence-corrected chi connectivity index (χ1v) is 8.64. The van der Waals surface area contributed by atoms with Crippen LogP contribution in [0.15, 0.2) is 36.8 Å². The van der Waals surface area contributed by atoms with Gasteiger partial charge in [0.05, 0.1) is 11.3 Å². The maximum absolute atomic E-state index is 12.7. The van der Waals surface area contributed by atoms with Gasteiger partial charge in [-0.3, -0.25) is 4.79 Å². The molecule has 1 aromatic carbocycles. The fourth-order valence-corrected chi connectivity index (χ4v) is 2.89. The predicted octanol–water partition coefficient (Wildman–Crippen LogP) is 3.07. The summed E-state index contributed by atoms with van der Waals surface area (Å²) in [6, 6.07) is 4.45. The molecule has 0 bridgehead atoms. The number of rotatable bonds is 5. The number of hydrogen-bond donors (Lipinski definition) is 2. The molecule has 1 aliphatic heterocycles. The van der Waals surface area contributed by atoms with Crippen LogP contribution in [0.1, 0.15) is 25.2 Å². The number of benzene rings is 1. The van der Waals surface area contributed by atoms with Gasteiger partial charge >= 0.3 is 6.18 Å². The third kappa shape index (κ3) is 4.95. The van der Waals surface area contributed by atoms with Crippen molar-refractivity contribution >= 4 is 17.2 Å². The van der Waals surface area contributed by atoms with Crippen LogP contribution in [0.2, 0.25) is 0 Å². The van der Waals surface area contributed by atoms with Crippen molar-refractivity contribution in [3.05, 3.63) is 48.2 Å². The number of carbonyl (C=O) groups excluding carboxylic acids is 1. The van der Waals surface area contributed by atoms with E-state index in [0.717, 1.165) is 11.8 Å². The van der Waals surface area contributed by atoms with E-state index in [2.05, 4.69) is 15.3 Å². The molecule has 0 saturated heterocycles. The van der Waals surface area contributed by atoms with E-state index in [0.29, 0.717) is 12.2 Å². The van der Waals surface area contributed by atoms with Crippen LogP contribution in [0.4, 0.5) is 18.9 Å². The second-order valence-electron chi connectivity index (χ2n) is 7.01. The summed E-state index contributed by atoms with van der Waals surface area (Å²) in [6.07, 6.45) is -0.120. The van der Waals surface area contributed by atoms with Gasteiger partial charge in [-0.1, -0.05) is 0 Å². The number of alkyl halides is 3. The molecular weight excluding hydrogens is 389 g/mol. The van der Waals surface area contributed by atoms with E-state index in [1.54, 1.807) is 6.07 Å². The summed E-state index contributed by atoms with van der Waals surface area (Å²) in [6.45, 7) is 2.19. The van der Waals surface area contributed by atoms with Gasteiger partial charge in [-0.25, -0.2) is 9.97 Å². The third-order valence-electron chi connectivity index (χ3n) is 4.02. The Morgan fingerprint density at radius 3 is 2.66 bits per heavy atom. The molecule has 29 heavy (non-hydrogen) atoms. The van der Waals surface area contributed by atoms with Crippen LogP contribution in [0.25, 0.3) is 5.57 Å². The number of aromatic nitrogens is 2. The number of ether oxygens (including phenoxy) is 2. The van der Waals surface area contributed by atoms with Crippen LogP contribution in [0.3, 0.4) is 0 Å². The SMILES string of the molecule is CC1(C)Cc2cc(NC(=O)C(=CN)c3ncccn3)c(OCC(F)(F)F)cc2O1. The van der Waals surface area contributed by atoms with E-state index in [4.69, 9.17) is 15.2 Å². The summed E-state index contributed by atoms with van der Waals surface area (Å²) in [5.74, 6) is -0.367. The van der Waals surface area contributed by atoms with Crippen LogP contribution in [-0.4, -0.2) is 34.3 Å². The lowest BCUT2D eigenvalue weighted by Gasteiger charge is -2.17. The van der Waals surface area contributed by atoms with E-state index in [1.165, 1.54) is 24.5 Å². The molecular formula is C19H19F3N4O3. The lowest BCUT2D eigenvalue weighted by molar-refractivity contribution is -0.153. The fraction of sp³-hybridized carbons (Fsp3) is 0.316. The molecule has 154 valence electrons. The van der Waals surface area contributed by atoms with Crippen LogP contribution < -0.4 is 20.5 Å². The molecule has 0 aliphatic carbocycles. The molecule has 3 rings (SSSR count). The first-order chi connectivity index (χ1) is 13.6. The van der Waals surface area contributed by atoms with Crippen molar-refractivity contribution in [1.82, 2.24) is 9.97 Å². The van der Waals surface area contributed by atoms with Crippen LogP contribution in [-0.2, 0) is 11.2 Å². The van der Waals surface area contributed by atoms with Crippen molar-refractivity contribution in [1.29, 1.82) is 0 Å². The number of nitrogens with one attached hydrogen (secondary N) is 1. The van der Waals surface area contributed by atoms with E-state index < -0.39 is 24.3 Å². The molecule has 0 spiro atoms. The van der Waals surface area contributed by atoms with E-state index in [9.17, 15) is 18.0 Å². The Morgan fingerprint density at radius 2 is 2.03 bits per heavy atom. The first-order valence-electron chi connectivity index (χ1n) is 8.64. The van der Waals surface area contributed by atoms with Crippen LogP contribution >= 0.6 is 0 Å². The van der Waals surface area contributed by atoms with Crippen molar-refractivity contribution in [3.8, 4) is 11.5 Å². The van der Waals surface area contributed by atoms with Gasteiger partial charge in [-0.05, 0) is 26.0 Å². The molecule has 0 saturated carbocycles. The zero-order valence-electron chi connectivity index (χ0n) is 15.7.